The number of hydrogen-bond acceptors (Lipinski definition) is 8. The molecule has 8 nitrogen and oxygen atoms in total. The van der Waals surface area contributed by atoms with Gasteiger partial charge >= 0.3 is 0 Å². The summed E-state index contributed by atoms with van der Waals surface area (Å²) >= 11 is 6.51. The van der Waals surface area contributed by atoms with Gasteiger partial charge in [-0.3, -0.25) is 4.98 Å². The van der Waals surface area contributed by atoms with Crippen LogP contribution in [0.4, 0.5) is 11.4 Å². The van der Waals surface area contributed by atoms with Gasteiger partial charge in [-0.1, -0.05) is 11.6 Å². The largest absolute Gasteiger partial charge is 0.497 e. The molecule has 3 aromatic rings. The number of anilines is 2. The number of aromatic nitrogens is 1. The third kappa shape index (κ3) is 4.06. The molecule has 0 radical (unpaired) electrons. The number of nitrogens with one attached hydrogen (secondary N) is 1. The maximum absolute atomic E-state index is 9.87. The highest BCUT2D eigenvalue weighted by molar-refractivity contribution is 6.34. The monoisotopic (exact) mass is 466 g/mol. The van der Waals surface area contributed by atoms with Crippen LogP contribution in [0.25, 0.3) is 10.9 Å². The number of nitrogens with zero attached hydrogens (tertiary/aromatic N) is 3. The second kappa shape index (κ2) is 8.85. The number of ether oxygens (including phenoxy) is 4. The first-order valence-corrected chi connectivity index (χ1v) is 11.1. The summed E-state index contributed by atoms with van der Waals surface area (Å²) in [6.07, 6.45) is 3.40. The predicted molar refractivity (Wildman–Crippen MR) is 125 cm³/mol. The molecule has 1 aromatic heterocycles. The SMILES string of the molecule is COc1cc(OC2CCN(C)CC2)c2c(Nc3c(Cl)ccc4c3OCO4)c(C#N)cnc2c1. The van der Waals surface area contributed by atoms with Gasteiger partial charge < -0.3 is 29.2 Å². The Bertz CT molecular complexity index is 1250. The van der Waals surface area contributed by atoms with Crippen molar-refractivity contribution in [3.8, 4) is 29.1 Å². The molecule has 3 heterocycles. The molecule has 0 bridgehead atoms. The van der Waals surface area contributed by atoms with E-state index in [-0.39, 0.29) is 12.9 Å². The Morgan fingerprint density at radius 1 is 1.21 bits per heavy atom. The van der Waals surface area contributed by atoms with E-state index in [4.69, 9.17) is 30.5 Å². The number of likely N-dealkylation sites (tertiary alicyclic amines) is 1. The minimum Gasteiger partial charge on any atom is -0.497 e. The summed E-state index contributed by atoms with van der Waals surface area (Å²) in [5.74, 6) is 2.32. The van der Waals surface area contributed by atoms with Crippen molar-refractivity contribution in [1.82, 2.24) is 9.88 Å². The van der Waals surface area contributed by atoms with Gasteiger partial charge in [0.25, 0.3) is 0 Å². The first-order valence-electron chi connectivity index (χ1n) is 10.7. The van der Waals surface area contributed by atoms with Gasteiger partial charge in [-0.25, -0.2) is 0 Å². The number of halogens is 1. The van der Waals surface area contributed by atoms with Crippen LogP contribution in [-0.4, -0.2) is 50.0 Å². The molecule has 2 aliphatic heterocycles. The maximum Gasteiger partial charge on any atom is 0.231 e. The third-order valence-electron chi connectivity index (χ3n) is 5.96. The minimum absolute atomic E-state index is 0.0522. The lowest BCUT2D eigenvalue weighted by atomic mass is 10.1. The summed E-state index contributed by atoms with van der Waals surface area (Å²) in [6, 6.07) is 9.37. The van der Waals surface area contributed by atoms with Gasteiger partial charge in [-0.15, -0.1) is 0 Å². The fraction of sp³-hybridized carbons (Fsp3) is 0.333. The zero-order valence-corrected chi connectivity index (χ0v) is 19.1. The van der Waals surface area contributed by atoms with Crippen LogP contribution < -0.4 is 24.3 Å². The number of benzene rings is 2. The number of rotatable bonds is 5. The summed E-state index contributed by atoms with van der Waals surface area (Å²) in [6.45, 7) is 2.03. The van der Waals surface area contributed by atoms with Gasteiger partial charge in [0, 0.05) is 31.4 Å². The van der Waals surface area contributed by atoms with Crippen LogP contribution in [0.5, 0.6) is 23.0 Å². The summed E-state index contributed by atoms with van der Waals surface area (Å²) in [5, 5.41) is 14.3. The molecule has 0 amide bonds. The van der Waals surface area contributed by atoms with Gasteiger partial charge in [-0.2, -0.15) is 5.26 Å². The van der Waals surface area contributed by atoms with Crippen molar-refractivity contribution in [2.75, 3.05) is 39.4 Å². The fourth-order valence-corrected chi connectivity index (χ4v) is 4.36. The van der Waals surface area contributed by atoms with Crippen LogP contribution in [0.3, 0.4) is 0 Å². The van der Waals surface area contributed by atoms with Crippen molar-refractivity contribution >= 4 is 33.9 Å². The Balaban J connectivity index is 1.65. The van der Waals surface area contributed by atoms with E-state index in [1.54, 1.807) is 19.2 Å². The molecule has 1 N–H and O–H groups in total. The molecule has 1 fully saturated rings. The van der Waals surface area contributed by atoms with Crippen LogP contribution >= 0.6 is 11.6 Å². The number of fused-ring (bicyclic) bond motifs is 2. The van der Waals surface area contributed by atoms with Gasteiger partial charge in [0.05, 0.1) is 34.3 Å². The van der Waals surface area contributed by atoms with Gasteiger partial charge in [0.1, 0.15) is 29.4 Å². The molecular formula is C24H23ClN4O4. The van der Waals surface area contributed by atoms with Crippen LogP contribution in [0.2, 0.25) is 5.02 Å². The topological polar surface area (TPSA) is 88.9 Å². The molecule has 0 atom stereocenters. The average molecular weight is 467 g/mol. The lowest BCUT2D eigenvalue weighted by Crippen LogP contribution is -2.35. The summed E-state index contributed by atoms with van der Waals surface area (Å²) in [7, 11) is 3.71. The highest BCUT2D eigenvalue weighted by Gasteiger charge is 2.25. The number of pyridine rings is 1. The fourth-order valence-electron chi connectivity index (χ4n) is 4.16. The molecule has 0 saturated carbocycles. The van der Waals surface area contributed by atoms with E-state index in [2.05, 4.69) is 28.3 Å². The smallest absolute Gasteiger partial charge is 0.231 e. The van der Waals surface area contributed by atoms with E-state index in [1.165, 1.54) is 6.20 Å². The molecule has 0 aliphatic carbocycles. The second-order valence-corrected chi connectivity index (χ2v) is 8.49. The number of nitriles is 1. The van der Waals surface area contributed by atoms with Crippen LogP contribution in [-0.2, 0) is 0 Å². The first kappa shape index (κ1) is 21.4. The standard InChI is InChI=1S/C24H23ClN4O4/c1-29-7-5-15(6-8-29)33-20-10-16(30-2)9-18-21(20)22(14(11-26)12-27-18)28-23-17(25)3-4-19-24(23)32-13-31-19/h3-4,9-10,12,15H,5-8,13H2,1-2H3,(H,27,28). The van der Waals surface area contributed by atoms with Crippen molar-refractivity contribution in [3.63, 3.8) is 0 Å². The van der Waals surface area contributed by atoms with Crippen molar-refractivity contribution < 1.29 is 18.9 Å². The van der Waals surface area contributed by atoms with Crippen LogP contribution in [0.1, 0.15) is 18.4 Å². The minimum atomic E-state index is 0.0522. The highest BCUT2D eigenvalue weighted by Crippen LogP contribution is 2.47. The molecule has 2 aromatic carbocycles. The lowest BCUT2D eigenvalue weighted by molar-refractivity contribution is 0.115. The summed E-state index contributed by atoms with van der Waals surface area (Å²) in [4.78, 5) is 6.79. The van der Waals surface area contributed by atoms with Gasteiger partial charge in [-0.05, 0) is 32.0 Å². The maximum atomic E-state index is 9.87. The average Bonchev–Trinajstić information content (AvgIpc) is 3.31. The number of piperidine rings is 1. The van der Waals surface area contributed by atoms with Crippen molar-refractivity contribution in [3.05, 3.63) is 41.0 Å². The first-order chi connectivity index (χ1) is 16.1. The Hall–Kier alpha value is -3.41. The van der Waals surface area contributed by atoms with Crippen molar-refractivity contribution in [2.45, 2.75) is 18.9 Å². The van der Waals surface area contributed by atoms with Crippen molar-refractivity contribution in [2.24, 2.45) is 0 Å². The Kier molecular flexibility index (Phi) is 5.75. The molecule has 170 valence electrons. The van der Waals surface area contributed by atoms with Gasteiger partial charge in [0.2, 0.25) is 6.79 Å². The van der Waals surface area contributed by atoms with E-state index in [9.17, 15) is 5.26 Å². The normalized spacial score (nSPS) is 15.9. The quantitative estimate of drug-likeness (QED) is 0.578. The number of hydrogen-bond donors (Lipinski definition) is 1. The molecule has 5 rings (SSSR count). The Morgan fingerprint density at radius 3 is 2.79 bits per heavy atom. The predicted octanol–water partition coefficient (Wildman–Crippen LogP) is 4.71. The van der Waals surface area contributed by atoms with Gasteiger partial charge in [0.15, 0.2) is 11.5 Å². The Labute approximate surface area is 196 Å². The second-order valence-electron chi connectivity index (χ2n) is 8.08. The molecule has 0 unspecified atom stereocenters. The van der Waals surface area contributed by atoms with E-state index < -0.39 is 0 Å². The third-order valence-corrected chi connectivity index (χ3v) is 6.28. The van der Waals surface area contributed by atoms with Crippen LogP contribution in [0.15, 0.2) is 30.5 Å². The number of methoxy groups -OCH3 is 1. The molecule has 0 spiro atoms. The van der Waals surface area contributed by atoms with Crippen LogP contribution in [0, 0.1) is 11.3 Å². The molecule has 1 saturated heterocycles. The van der Waals surface area contributed by atoms with E-state index in [0.29, 0.717) is 55.9 Å². The highest BCUT2D eigenvalue weighted by atomic mass is 35.5. The molecule has 33 heavy (non-hydrogen) atoms. The zero-order valence-electron chi connectivity index (χ0n) is 18.4. The summed E-state index contributed by atoms with van der Waals surface area (Å²) in [5.41, 5.74) is 2.06. The van der Waals surface area contributed by atoms with E-state index in [1.807, 2.05) is 12.1 Å². The van der Waals surface area contributed by atoms with E-state index in [0.717, 1.165) is 25.9 Å². The van der Waals surface area contributed by atoms with Crippen molar-refractivity contribution in [1.29, 1.82) is 5.26 Å². The van der Waals surface area contributed by atoms with E-state index >= 15 is 0 Å². The molecular weight excluding hydrogens is 444 g/mol. The zero-order chi connectivity index (χ0) is 22.9. The lowest BCUT2D eigenvalue weighted by Gasteiger charge is -2.30. The Morgan fingerprint density at radius 2 is 2.03 bits per heavy atom. The molecule has 2 aliphatic rings. The molecule has 9 heteroatoms. The summed E-state index contributed by atoms with van der Waals surface area (Å²) < 4.78 is 23.1.